The van der Waals surface area contributed by atoms with Gasteiger partial charge in [0.25, 0.3) is 0 Å². The first-order valence-electron chi connectivity index (χ1n) is 12.2. The smallest absolute Gasteiger partial charge is 0.407 e. The predicted molar refractivity (Wildman–Crippen MR) is 135 cm³/mol. The van der Waals surface area contributed by atoms with Gasteiger partial charge in [0.05, 0.1) is 5.41 Å². The quantitative estimate of drug-likeness (QED) is 0.471. The third-order valence-corrected chi connectivity index (χ3v) is 7.14. The molecule has 1 atom stereocenters. The zero-order valence-electron chi connectivity index (χ0n) is 21.2. The van der Waals surface area contributed by atoms with Crippen molar-refractivity contribution < 1.29 is 24.2 Å². The van der Waals surface area contributed by atoms with Crippen molar-refractivity contribution in [1.82, 2.24) is 10.6 Å². The molecule has 35 heavy (non-hydrogen) atoms. The molecule has 0 heterocycles. The largest absolute Gasteiger partial charge is 0.481 e. The lowest BCUT2D eigenvalue weighted by Crippen LogP contribution is -2.55. The van der Waals surface area contributed by atoms with Crippen molar-refractivity contribution in [2.75, 3.05) is 13.2 Å². The fourth-order valence-corrected chi connectivity index (χ4v) is 4.67. The maximum atomic E-state index is 13.0. The Kier molecular flexibility index (Phi) is 7.88. The SMILES string of the molecule is CCC(CC)(CNC(=O)[C@H](NC(=O)OCC1c2ccccc2-c2ccccc21)C(C)(C)C)C(=O)O. The summed E-state index contributed by atoms with van der Waals surface area (Å²) in [5.74, 6) is -1.46. The second-order valence-electron chi connectivity index (χ2n) is 10.3. The molecule has 2 aromatic rings. The Balaban J connectivity index is 1.68. The van der Waals surface area contributed by atoms with Gasteiger partial charge in [-0.3, -0.25) is 9.59 Å². The molecule has 0 aromatic heterocycles. The summed E-state index contributed by atoms with van der Waals surface area (Å²) < 4.78 is 5.62. The number of benzene rings is 2. The van der Waals surface area contributed by atoms with E-state index in [4.69, 9.17) is 4.74 Å². The summed E-state index contributed by atoms with van der Waals surface area (Å²) >= 11 is 0. The highest BCUT2D eigenvalue weighted by Crippen LogP contribution is 2.44. The minimum atomic E-state index is -1.04. The number of carboxylic acids is 1. The second kappa shape index (κ2) is 10.5. The fourth-order valence-electron chi connectivity index (χ4n) is 4.67. The Morgan fingerprint density at radius 1 is 0.943 bits per heavy atom. The topological polar surface area (TPSA) is 105 Å². The van der Waals surface area contributed by atoms with Crippen molar-refractivity contribution in [3.05, 3.63) is 59.7 Å². The number of amides is 2. The molecular weight excluding hydrogens is 444 g/mol. The Bertz CT molecular complexity index is 1040. The number of rotatable bonds is 9. The van der Waals surface area contributed by atoms with Crippen molar-refractivity contribution in [2.24, 2.45) is 10.8 Å². The molecule has 0 spiro atoms. The van der Waals surface area contributed by atoms with Gasteiger partial charge >= 0.3 is 12.1 Å². The van der Waals surface area contributed by atoms with Crippen LogP contribution in [0.3, 0.4) is 0 Å². The highest BCUT2D eigenvalue weighted by atomic mass is 16.5. The number of hydrogen-bond acceptors (Lipinski definition) is 4. The van der Waals surface area contributed by atoms with Gasteiger partial charge in [-0.2, -0.15) is 0 Å². The van der Waals surface area contributed by atoms with E-state index in [9.17, 15) is 19.5 Å². The molecule has 0 saturated heterocycles. The molecule has 188 valence electrons. The average molecular weight is 481 g/mol. The van der Waals surface area contributed by atoms with Gasteiger partial charge < -0.3 is 20.5 Å². The highest BCUT2D eigenvalue weighted by Gasteiger charge is 2.38. The Morgan fingerprint density at radius 2 is 1.46 bits per heavy atom. The Morgan fingerprint density at radius 3 is 1.91 bits per heavy atom. The number of hydrogen-bond donors (Lipinski definition) is 3. The van der Waals surface area contributed by atoms with E-state index in [0.29, 0.717) is 12.8 Å². The zero-order chi connectivity index (χ0) is 25.8. The predicted octanol–water partition coefficient (Wildman–Crippen LogP) is 4.95. The van der Waals surface area contributed by atoms with Gasteiger partial charge in [0, 0.05) is 12.5 Å². The lowest BCUT2D eigenvalue weighted by molar-refractivity contribution is -0.149. The zero-order valence-corrected chi connectivity index (χ0v) is 21.2. The first kappa shape index (κ1) is 26.3. The van der Waals surface area contributed by atoms with E-state index >= 15 is 0 Å². The minimum Gasteiger partial charge on any atom is -0.481 e. The molecule has 1 aliphatic rings. The van der Waals surface area contributed by atoms with Crippen molar-refractivity contribution in [2.45, 2.75) is 59.4 Å². The van der Waals surface area contributed by atoms with Crippen molar-refractivity contribution in [3.8, 4) is 11.1 Å². The van der Waals surface area contributed by atoms with Gasteiger partial charge in [0.2, 0.25) is 5.91 Å². The van der Waals surface area contributed by atoms with Gasteiger partial charge in [0.15, 0.2) is 0 Å². The average Bonchev–Trinajstić information content (AvgIpc) is 3.15. The lowest BCUT2D eigenvalue weighted by atomic mass is 9.81. The first-order chi connectivity index (χ1) is 16.5. The van der Waals surface area contributed by atoms with Crippen LogP contribution in [0.15, 0.2) is 48.5 Å². The molecule has 0 radical (unpaired) electrons. The number of nitrogens with one attached hydrogen (secondary N) is 2. The Labute approximate surface area is 207 Å². The van der Waals surface area contributed by atoms with Crippen LogP contribution in [0.25, 0.3) is 11.1 Å². The number of aliphatic carboxylic acids is 1. The van der Waals surface area contributed by atoms with Gasteiger partial charge in [-0.15, -0.1) is 0 Å². The normalized spacial score (nSPS) is 14.0. The van der Waals surface area contributed by atoms with Crippen LogP contribution in [0.1, 0.15) is 64.5 Å². The van der Waals surface area contributed by atoms with Gasteiger partial charge in [-0.05, 0) is 40.5 Å². The van der Waals surface area contributed by atoms with Crippen LogP contribution >= 0.6 is 0 Å². The standard InChI is InChI=1S/C28H36N2O5/c1-6-28(7-2,25(32)33)17-29-24(31)23(27(3,4)5)30-26(34)35-16-22-20-14-10-8-12-18(20)19-13-9-11-15-21(19)22/h8-15,22-23H,6-7,16-17H2,1-5H3,(H,29,31)(H,30,34)(H,32,33)/t23-/m0/s1. The number of alkyl carbamates (subject to hydrolysis) is 1. The molecule has 7 nitrogen and oxygen atoms in total. The first-order valence-corrected chi connectivity index (χ1v) is 12.2. The molecule has 3 N–H and O–H groups in total. The number of ether oxygens (including phenoxy) is 1. The fraction of sp³-hybridized carbons (Fsp3) is 0.464. The molecule has 0 bridgehead atoms. The second-order valence-corrected chi connectivity index (χ2v) is 10.3. The highest BCUT2D eigenvalue weighted by molar-refractivity contribution is 5.87. The monoisotopic (exact) mass is 480 g/mol. The van der Waals surface area contributed by atoms with Crippen LogP contribution in [-0.2, 0) is 14.3 Å². The molecule has 2 amide bonds. The molecule has 1 aliphatic carbocycles. The number of fused-ring (bicyclic) bond motifs is 3. The van der Waals surface area contributed by atoms with Crippen LogP contribution in [0, 0.1) is 10.8 Å². The molecular formula is C28H36N2O5. The van der Waals surface area contributed by atoms with Crippen LogP contribution in [0.2, 0.25) is 0 Å². The van der Waals surface area contributed by atoms with Crippen LogP contribution < -0.4 is 10.6 Å². The third-order valence-electron chi connectivity index (χ3n) is 7.14. The number of carboxylic acid groups (broad SMARTS) is 1. The molecule has 0 saturated carbocycles. The van der Waals surface area contributed by atoms with E-state index in [1.165, 1.54) is 0 Å². The molecule has 2 aromatic carbocycles. The van der Waals surface area contributed by atoms with E-state index in [0.717, 1.165) is 22.3 Å². The summed E-state index contributed by atoms with van der Waals surface area (Å²) in [5.41, 5.74) is 2.84. The summed E-state index contributed by atoms with van der Waals surface area (Å²) in [6.45, 7) is 9.24. The summed E-state index contributed by atoms with van der Waals surface area (Å²) in [5, 5.41) is 15.1. The van der Waals surface area contributed by atoms with E-state index < -0.39 is 34.8 Å². The third kappa shape index (κ3) is 5.50. The number of carbonyl (C=O) groups excluding carboxylic acids is 2. The summed E-state index contributed by atoms with van der Waals surface area (Å²) in [6.07, 6.45) is 0.0931. The molecule has 0 fully saturated rings. The molecule has 0 unspecified atom stereocenters. The summed E-state index contributed by atoms with van der Waals surface area (Å²) in [6, 6.07) is 15.3. The number of carbonyl (C=O) groups is 3. The van der Waals surface area contributed by atoms with Gasteiger partial charge in [-0.1, -0.05) is 83.1 Å². The van der Waals surface area contributed by atoms with Crippen LogP contribution in [-0.4, -0.2) is 42.3 Å². The van der Waals surface area contributed by atoms with Crippen LogP contribution in [0.5, 0.6) is 0 Å². The van der Waals surface area contributed by atoms with Gasteiger partial charge in [-0.25, -0.2) is 4.79 Å². The molecule has 0 aliphatic heterocycles. The lowest BCUT2D eigenvalue weighted by Gasteiger charge is -2.32. The summed E-state index contributed by atoms with van der Waals surface area (Å²) in [4.78, 5) is 37.6. The minimum absolute atomic E-state index is 0.00683. The van der Waals surface area contributed by atoms with Crippen molar-refractivity contribution in [3.63, 3.8) is 0 Å². The molecule has 3 rings (SSSR count). The molecule has 7 heteroatoms. The van der Waals surface area contributed by atoms with E-state index in [1.807, 2.05) is 57.2 Å². The maximum absolute atomic E-state index is 13.0. The van der Waals surface area contributed by atoms with Crippen molar-refractivity contribution in [1.29, 1.82) is 0 Å². The Hall–Kier alpha value is -3.35. The van der Waals surface area contributed by atoms with E-state index in [2.05, 4.69) is 22.8 Å². The van der Waals surface area contributed by atoms with E-state index in [-0.39, 0.29) is 19.1 Å². The van der Waals surface area contributed by atoms with Gasteiger partial charge in [0.1, 0.15) is 12.6 Å². The maximum Gasteiger partial charge on any atom is 0.407 e. The van der Waals surface area contributed by atoms with Crippen LogP contribution in [0.4, 0.5) is 4.79 Å². The van der Waals surface area contributed by atoms with Crippen molar-refractivity contribution >= 4 is 18.0 Å². The summed E-state index contributed by atoms with van der Waals surface area (Å²) in [7, 11) is 0. The van der Waals surface area contributed by atoms with E-state index in [1.54, 1.807) is 13.8 Å².